The fourth-order valence-electron chi connectivity index (χ4n) is 5.15. The van der Waals surface area contributed by atoms with Crippen molar-refractivity contribution in [2.45, 2.75) is 117 Å². The molecule has 0 aromatic heterocycles. The molecule has 0 aliphatic carbocycles. The summed E-state index contributed by atoms with van der Waals surface area (Å²) >= 11 is 0. The summed E-state index contributed by atoms with van der Waals surface area (Å²) in [4.78, 5) is 14.5. The van der Waals surface area contributed by atoms with Gasteiger partial charge in [0.1, 0.15) is 12.0 Å². The molecule has 41 heavy (non-hydrogen) atoms. The maximum atomic E-state index is 14.5. The molecule has 2 aromatic carbocycles. The molecular weight excluding hydrogens is 512 g/mol. The Morgan fingerprint density at radius 1 is 0.561 bits per heavy atom. The number of esters is 1. The number of carbonyl (C=O) groups excluding carboxylic acids is 1. The van der Waals surface area contributed by atoms with E-state index in [4.69, 9.17) is 4.74 Å². The van der Waals surface area contributed by atoms with Crippen LogP contribution in [0.5, 0.6) is 0 Å². The number of hydrogen-bond donors (Lipinski definition) is 3. The van der Waals surface area contributed by atoms with Crippen LogP contribution in [0.2, 0.25) is 0 Å². The monoisotopic (exact) mass is 568 g/mol. The number of ether oxygens (including phenoxy) is 1. The Morgan fingerprint density at radius 2 is 0.902 bits per heavy atom. The Morgan fingerprint density at radius 3 is 1.17 bits per heavy atom. The first-order chi connectivity index (χ1) is 18.5. The molecule has 3 N–H and O–H groups in total. The van der Waals surface area contributed by atoms with E-state index < -0.39 is 36.6 Å². The minimum absolute atomic E-state index is 0.0800. The Hall–Kier alpha value is -2.21. The van der Waals surface area contributed by atoms with Gasteiger partial charge in [-0.05, 0) is 62.0 Å². The summed E-state index contributed by atoms with van der Waals surface area (Å²) in [6.07, 6.45) is 0. The van der Waals surface area contributed by atoms with Gasteiger partial charge in [-0.25, -0.2) is 0 Å². The first-order valence-corrected chi connectivity index (χ1v) is 14.8. The molecule has 0 bridgehead atoms. The number of benzene rings is 2. The van der Waals surface area contributed by atoms with E-state index in [1.54, 1.807) is 0 Å². The first kappa shape index (κ1) is 35.0. The van der Waals surface area contributed by atoms with Crippen molar-refractivity contribution in [2.75, 3.05) is 26.4 Å². The van der Waals surface area contributed by atoms with Crippen molar-refractivity contribution in [3.05, 3.63) is 69.8 Å². The average molecular weight is 569 g/mol. The highest BCUT2D eigenvalue weighted by atomic mass is 16.5. The van der Waals surface area contributed by atoms with Crippen molar-refractivity contribution in [2.24, 2.45) is 5.41 Å². The van der Waals surface area contributed by atoms with Crippen LogP contribution in [-0.4, -0.2) is 47.7 Å². The van der Waals surface area contributed by atoms with Crippen molar-refractivity contribution >= 4 is 5.97 Å². The van der Waals surface area contributed by atoms with Gasteiger partial charge in [-0.2, -0.15) is 0 Å². The number of carbonyl (C=O) groups is 1. The maximum Gasteiger partial charge on any atom is 0.320 e. The second kappa shape index (κ2) is 11.8. The summed E-state index contributed by atoms with van der Waals surface area (Å²) in [5.74, 6) is -0.486. The first-order valence-electron chi connectivity index (χ1n) is 14.8. The van der Waals surface area contributed by atoms with E-state index in [2.05, 4.69) is 119 Å². The predicted molar refractivity (Wildman–Crippen MR) is 169 cm³/mol. The van der Waals surface area contributed by atoms with Gasteiger partial charge in [0, 0.05) is 0 Å². The summed E-state index contributed by atoms with van der Waals surface area (Å²) in [5.41, 5.74) is 2.93. The topological polar surface area (TPSA) is 87.0 Å². The Bertz CT molecular complexity index is 1120. The standard InChI is InChI=1S/C36H56O5/c1-31(2,3)24-14-16-26(28(18-24)33(7,8)9)35(13,30(40)41-23-36(20-37,21-38)22-39)27-17-15-25(32(4,5)6)19-29(27)34(10,11)12/h14-19,37-39H,20-23H2,1-13H3. The number of aliphatic hydroxyl groups is 3. The lowest BCUT2D eigenvalue weighted by Gasteiger charge is -2.39. The van der Waals surface area contributed by atoms with Gasteiger partial charge in [-0.3, -0.25) is 4.79 Å². The van der Waals surface area contributed by atoms with E-state index in [0.29, 0.717) is 0 Å². The van der Waals surface area contributed by atoms with Crippen LogP contribution in [-0.2, 0) is 36.6 Å². The molecule has 0 radical (unpaired) electrons. The second-order valence-electron chi connectivity index (χ2n) is 16.2. The highest BCUT2D eigenvalue weighted by molar-refractivity contribution is 5.89. The lowest BCUT2D eigenvalue weighted by molar-refractivity contribution is -0.156. The number of aliphatic hydroxyl groups excluding tert-OH is 3. The molecular formula is C36H56O5. The van der Waals surface area contributed by atoms with Crippen LogP contribution in [0.3, 0.4) is 0 Å². The molecule has 0 unspecified atom stereocenters. The highest BCUT2D eigenvalue weighted by Crippen LogP contribution is 2.45. The minimum atomic E-state index is -1.33. The highest BCUT2D eigenvalue weighted by Gasteiger charge is 2.46. The van der Waals surface area contributed by atoms with Crippen molar-refractivity contribution in [1.29, 1.82) is 0 Å². The molecule has 0 saturated heterocycles. The molecule has 5 nitrogen and oxygen atoms in total. The zero-order valence-corrected chi connectivity index (χ0v) is 28.0. The van der Waals surface area contributed by atoms with Gasteiger partial charge >= 0.3 is 5.97 Å². The fraction of sp³-hybridized carbons (Fsp3) is 0.639. The van der Waals surface area contributed by atoms with Crippen molar-refractivity contribution in [1.82, 2.24) is 0 Å². The third kappa shape index (κ3) is 7.42. The molecule has 5 heteroatoms. The van der Waals surface area contributed by atoms with Crippen LogP contribution >= 0.6 is 0 Å². The summed E-state index contributed by atoms with van der Waals surface area (Å²) in [6.45, 7) is 26.1. The van der Waals surface area contributed by atoms with E-state index in [1.807, 2.05) is 6.92 Å². The predicted octanol–water partition coefficient (Wildman–Crippen LogP) is 6.69. The third-order valence-electron chi connectivity index (χ3n) is 8.39. The normalized spacial score (nSPS) is 13.9. The molecule has 0 atom stereocenters. The van der Waals surface area contributed by atoms with Gasteiger partial charge < -0.3 is 20.1 Å². The molecule has 0 heterocycles. The molecule has 0 saturated carbocycles. The summed E-state index contributed by atoms with van der Waals surface area (Å²) in [7, 11) is 0. The van der Waals surface area contributed by atoms with E-state index >= 15 is 0 Å². The van der Waals surface area contributed by atoms with Gasteiger partial charge in [0.2, 0.25) is 0 Å². The second-order valence-corrected chi connectivity index (χ2v) is 16.2. The third-order valence-corrected chi connectivity index (χ3v) is 8.39. The van der Waals surface area contributed by atoms with E-state index in [-0.39, 0.29) is 28.3 Å². The van der Waals surface area contributed by atoms with Gasteiger partial charge in [0.25, 0.3) is 0 Å². The van der Waals surface area contributed by atoms with Gasteiger partial charge in [0.05, 0.1) is 25.2 Å². The van der Waals surface area contributed by atoms with Crippen LogP contribution < -0.4 is 0 Å². The molecule has 2 aromatic rings. The van der Waals surface area contributed by atoms with Crippen LogP contribution in [0.4, 0.5) is 0 Å². The molecule has 0 aliphatic heterocycles. The van der Waals surface area contributed by atoms with Crippen molar-refractivity contribution < 1.29 is 24.9 Å². The molecule has 0 aliphatic rings. The summed E-state index contributed by atoms with van der Waals surface area (Å²) in [5, 5.41) is 29.8. The fourth-order valence-corrected chi connectivity index (χ4v) is 5.15. The zero-order valence-electron chi connectivity index (χ0n) is 28.0. The van der Waals surface area contributed by atoms with Crippen LogP contribution in [0, 0.1) is 5.41 Å². The molecule has 0 spiro atoms. The Kier molecular flexibility index (Phi) is 10.1. The van der Waals surface area contributed by atoms with Gasteiger partial charge in [0.15, 0.2) is 0 Å². The van der Waals surface area contributed by atoms with Crippen LogP contribution in [0.25, 0.3) is 0 Å². The molecule has 2 rings (SSSR count). The maximum absolute atomic E-state index is 14.5. The summed E-state index contributed by atoms with van der Waals surface area (Å²) in [6, 6.07) is 12.8. The van der Waals surface area contributed by atoms with Crippen LogP contribution in [0.15, 0.2) is 36.4 Å². The average Bonchev–Trinajstić information content (AvgIpc) is 2.86. The van der Waals surface area contributed by atoms with E-state index in [9.17, 15) is 20.1 Å². The zero-order chi connectivity index (χ0) is 31.8. The lowest BCUT2D eigenvalue weighted by Crippen LogP contribution is -2.44. The van der Waals surface area contributed by atoms with E-state index in [0.717, 1.165) is 22.3 Å². The van der Waals surface area contributed by atoms with Crippen molar-refractivity contribution in [3.8, 4) is 0 Å². The number of hydrogen-bond acceptors (Lipinski definition) is 5. The SMILES string of the molecule is CC(C)(C)c1ccc(C(C)(C(=O)OCC(CO)(CO)CO)c2ccc(C(C)(C)C)cc2C(C)(C)C)c(C(C)(C)C)c1. The molecule has 0 fully saturated rings. The molecule has 0 amide bonds. The van der Waals surface area contributed by atoms with Crippen molar-refractivity contribution in [3.63, 3.8) is 0 Å². The van der Waals surface area contributed by atoms with Gasteiger partial charge in [-0.1, -0.05) is 119 Å². The Balaban J connectivity index is 3.02. The quantitative estimate of drug-likeness (QED) is 0.309. The number of rotatable bonds is 8. The molecule has 230 valence electrons. The Labute approximate surface area is 249 Å². The summed E-state index contributed by atoms with van der Waals surface area (Å²) < 4.78 is 5.97. The lowest BCUT2D eigenvalue weighted by atomic mass is 9.65. The van der Waals surface area contributed by atoms with Crippen LogP contribution in [0.1, 0.15) is 123 Å². The minimum Gasteiger partial charge on any atom is -0.464 e. The smallest absolute Gasteiger partial charge is 0.320 e. The van der Waals surface area contributed by atoms with E-state index in [1.165, 1.54) is 11.1 Å². The van der Waals surface area contributed by atoms with Gasteiger partial charge in [-0.15, -0.1) is 0 Å². The largest absolute Gasteiger partial charge is 0.464 e.